The summed E-state index contributed by atoms with van der Waals surface area (Å²) in [6.07, 6.45) is 39.3. The van der Waals surface area contributed by atoms with Gasteiger partial charge < -0.3 is 16.0 Å². The number of carbonyl (C=O) groups is 3. The number of carbonyl (C=O) groups excluding carboxylic acids is 3. The van der Waals surface area contributed by atoms with E-state index in [2.05, 4.69) is 36.7 Å². The van der Waals surface area contributed by atoms with E-state index in [1.165, 1.54) is 154 Å². The zero-order chi connectivity index (χ0) is 39.8. The third kappa shape index (κ3) is 22.8. The van der Waals surface area contributed by atoms with Crippen molar-refractivity contribution in [3.8, 4) is 0 Å². The van der Waals surface area contributed by atoms with Crippen LogP contribution in [0.25, 0.3) is 0 Å². The number of nitrogens with one attached hydrogen (secondary N) is 3. The summed E-state index contributed by atoms with van der Waals surface area (Å²) in [5, 5.41) is 9.75. The molecular formula is C48H93N3O3. The summed E-state index contributed by atoms with van der Waals surface area (Å²) in [5.74, 6) is 0.00156. The Morgan fingerprint density at radius 2 is 0.481 bits per heavy atom. The van der Waals surface area contributed by atoms with Crippen molar-refractivity contribution in [1.29, 1.82) is 0 Å². The van der Waals surface area contributed by atoms with E-state index < -0.39 is 16.2 Å². The molecule has 1 aliphatic carbocycles. The Balaban J connectivity index is 2.69. The number of unbranched alkanes of at least 4 members (excludes halogenated alkanes) is 27. The zero-order valence-electron chi connectivity index (χ0n) is 37.2. The predicted molar refractivity (Wildman–Crippen MR) is 233 cm³/mol. The van der Waals surface area contributed by atoms with Crippen LogP contribution in [-0.4, -0.2) is 37.4 Å². The summed E-state index contributed by atoms with van der Waals surface area (Å²) in [4.78, 5) is 41.8. The molecule has 54 heavy (non-hydrogen) atoms. The van der Waals surface area contributed by atoms with Crippen molar-refractivity contribution in [2.24, 2.45) is 16.2 Å². The normalized spacial score (nSPS) is 21.2. The molecule has 0 aromatic rings. The van der Waals surface area contributed by atoms with Gasteiger partial charge in [-0.05, 0) is 38.5 Å². The van der Waals surface area contributed by atoms with Gasteiger partial charge in [0.05, 0.1) is 0 Å². The Hall–Kier alpha value is -1.59. The average molecular weight is 760 g/mol. The monoisotopic (exact) mass is 760 g/mol. The fourth-order valence-corrected chi connectivity index (χ4v) is 9.34. The van der Waals surface area contributed by atoms with E-state index in [1.54, 1.807) is 0 Å². The van der Waals surface area contributed by atoms with Crippen molar-refractivity contribution in [2.75, 3.05) is 19.6 Å². The van der Waals surface area contributed by atoms with Crippen LogP contribution in [-0.2, 0) is 14.4 Å². The Kier molecular flexibility index (Phi) is 29.4. The standard InChI is InChI=1S/C48H93N3O3/c1-7-10-13-16-19-22-25-28-31-34-37-49-43(52)46(4)40-47(5,44(53)50-38-35-32-29-26-23-20-17-14-11-8-2)42-48(6,41-46)45(54)51-39-36-33-30-27-24-21-18-15-12-9-3/h7-42H2,1-6H3,(H,49,52)(H,50,53)(H,51,54). The van der Waals surface area contributed by atoms with Crippen molar-refractivity contribution >= 4 is 17.7 Å². The average Bonchev–Trinajstić information content (AvgIpc) is 3.14. The molecule has 0 atom stereocenters. The molecular weight excluding hydrogens is 667 g/mol. The largest absolute Gasteiger partial charge is 0.356 e. The molecule has 0 radical (unpaired) electrons. The van der Waals surface area contributed by atoms with E-state index >= 15 is 0 Å². The molecule has 1 rings (SSSR count). The van der Waals surface area contributed by atoms with Crippen LogP contribution in [0.2, 0.25) is 0 Å². The van der Waals surface area contributed by atoms with Gasteiger partial charge in [0.25, 0.3) is 0 Å². The van der Waals surface area contributed by atoms with Gasteiger partial charge >= 0.3 is 0 Å². The van der Waals surface area contributed by atoms with Crippen molar-refractivity contribution < 1.29 is 14.4 Å². The molecule has 0 spiro atoms. The van der Waals surface area contributed by atoms with E-state index in [0.29, 0.717) is 38.9 Å². The summed E-state index contributed by atoms with van der Waals surface area (Å²) in [7, 11) is 0. The number of hydrogen-bond donors (Lipinski definition) is 3. The van der Waals surface area contributed by atoms with Gasteiger partial charge in [-0.1, -0.05) is 215 Å². The summed E-state index contributed by atoms with van der Waals surface area (Å²) < 4.78 is 0. The predicted octanol–water partition coefficient (Wildman–Crippen LogP) is 13.3. The van der Waals surface area contributed by atoms with Crippen molar-refractivity contribution in [2.45, 2.75) is 253 Å². The van der Waals surface area contributed by atoms with Gasteiger partial charge in [0.2, 0.25) is 17.7 Å². The summed E-state index contributed by atoms with van der Waals surface area (Å²) in [6, 6.07) is 0. The Bertz CT molecular complexity index is 825. The highest BCUT2D eigenvalue weighted by Crippen LogP contribution is 2.55. The number of amides is 3. The van der Waals surface area contributed by atoms with E-state index in [1.807, 2.05) is 20.8 Å². The van der Waals surface area contributed by atoms with Gasteiger partial charge in [-0.2, -0.15) is 0 Å². The van der Waals surface area contributed by atoms with Gasteiger partial charge in [-0.15, -0.1) is 0 Å². The van der Waals surface area contributed by atoms with Crippen LogP contribution in [0.3, 0.4) is 0 Å². The minimum Gasteiger partial charge on any atom is -0.356 e. The minimum absolute atomic E-state index is 0.000521. The maximum atomic E-state index is 13.9. The van der Waals surface area contributed by atoms with Gasteiger partial charge in [0.1, 0.15) is 0 Å². The van der Waals surface area contributed by atoms with Crippen LogP contribution in [0.15, 0.2) is 0 Å². The van der Waals surface area contributed by atoms with Crippen molar-refractivity contribution in [3.05, 3.63) is 0 Å². The van der Waals surface area contributed by atoms with Crippen LogP contribution < -0.4 is 16.0 Å². The Labute approximate surface area is 336 Å². The second-order valence-electron chi connectivity index (χ2n) is 18.5. The van der Waals surface area contributed by atoms with Crippen LogP contribution in [0, 0.1) is 16.2 Å². The molecule has 6 nitrogen and oxygen atoms in total. The molecule has 0 aromatic heterocycles. The Morgan fingerprint density at radius 1 is 0.315 bits per heavy atom. The molecule has 3 amide bonds. The first-order valence-electron chi connectivity index (χ1n) is 23.9. The molecule has 6 heteroatoms. The molecule has 318 valence electrons. The van der Waals surface area contributed by atoms with Crippen molar-refractivity contribution in [1.82, 2.24) is 16.0 Å². The first-order valence-corrected chi connectivity index (χ1v) is 23.9. The molecule has 1 saturated carbocycles. The summed E-state index contributed by atoms with van der Waals surface area (Å²) in [6.45, 7) is 14.8. The van der Waals surface area contributed by atoms with E-state index in [-0.39, 0.29) is 17.7 Å². The topological polar surface area (TPSA) is 87.3 Å². The van der Waals surface area contributed by atoms with Crippen LogP contribution >= 0.6 is 0 Å². The number of rotatable bonds is 36. The highest BCUT2D eigenvalue weighted by Gasteiger charge is 2.57. The summed E-state index contributed by atoms with van der Waals surface area (Å²) >= 11 is 0. The van der Waals surface area contributed by atoms with E-state index in [4.69, 9.17) is 0 Å². The molecule has 0 unspecified atom stereocenters. The zero-order valence-corrected chi connectivity index (χ0v) is 37.2. The maximum absolute atomic E-state index is 13.9. The lowest BCUT2D eigenvalue weighted by atomic mass is 9.53. The molecule has 0 aliphatic heterocycles. The van der Waals surface area contributed by atoms with Crippen LogP contribution in [0.4, 0.5) is 0 Å². The fraction of sp³-hybridized carbons (Fsp3) is 0.938. The van der Waals surface area contributed by atoms with Gasteiger partial charge in [0.15, 0.2) is 0 Å². The lowest BCUT2D eigenvalue weighted by Gasteiger charge is -2.50. The molecule has 1 aliphatic rings. The Morgan fingerprint density at radius 3 is 0.667 bits per heavy atom. The molecule has 1 fully saturated rings. The third-order valence-corrected chi connectivity index (χ3v) is 12.4. The smallest absolute Gasteiger partial charge is 0.226 e. The molecule has 0 heterocycles. The fourth-order valence-electron chi connectivity index (χ4n) is 9.34. The molecule has 0 saturated heterocycles. The van der Waals surface area contributed by atoms with E-state index in [0.717, 1.165) is 38.5 Å². The molecule has 3 N–H and O–H groups in total. The van der Waals surface area contributed by atoms with Gasteiger partial charge in [-0.25, -0.2) is 0 Å². The molecule has 0 aromatic carbocycles. The maximum Gasteiger partial charge on any atom is 0.226 e. The van der Waals surface area contributed by atoms with Gasteiger partial charge in [0, 0.05) is 35.9 Å². The highest BCUT2D eigenvalue weighted by atomic mass is 16.2. The minimum atomic E-state index is -0.789. The number of hydrogen-bond acceptors (Lipinski definition) is 3. The highest BCUT2D eigenvalue weighted by molar-refractivity contribution is 5.90. The van der Waals surface area contributed by atoms with Gasteiger partial charge in [-0.3, -0.25) is 14.4 Å². The quantitative estimate of drug-likeness (QED) is 0.0556. The SMILES string of the molecule is CCCCCCCCCCCCNC(=O)C1(C)CC(C)(C(=O)NCCCCCCCCCCCC)CC(C)(C(=O)NCCCCCCCCCCCC)C1. The first kappa shape index (κ1) is 50.4. The van der Waals surface area contributed by atoms with Crippen LogP contribution in [0.5, 0.6) is 0 Å². The van der Waals surface area contributed by atoms with Crippen LogP contribution in [0.1, 0.15) is 253 Å². The molecule has 0 bridgehead atoms. The second kappa shape index (κ2) is 31.5. The first-order chi connectivity index (χ1) is 26.1. The second-order valence-corrected chi connectivity index (χ2v) is 18.5. The lowest BCUT2D eigenvalue weighted by molar-refractivity contribution is -0.154. The summed E-state index contributed by atoms with van der Waals surface area (Å²) in [5.41, 5.74) is -2.37. The van der Waals surface area contributed by atoms with Crippen molar-refractivity contribution in [3.63, 3.8) is 0 Å². The lowest BCUT2D eigenvalue weighted by Crippen LogP contribution is -2.58. The van der Waals surface area contributed by atoms with E-state index in [9.17, 15) is 14.4 Å². The third-order valence-electron chi connectivity index (χ3n) is 12.4.